The van der Waals surface area contributed by atoms with Crippen molar-refractivity contribution in [1.82, 2.24) is 13.9 Å². The van der Waals surface area contributed by atoms with Crippen molar-refractivity contribution >= 4 is 10.2 Å². The molecule has 0 bridgehead atoms. The molecular weight excluding hydrogens is 334 g/mol. The Morgan fingerprint density at radius 3 is 2.60 bits per heavy atom. The SMILES string of the molecule is Cc1cccc(CN2CCC(NS(=O)(=O)N3CCC[C@@H](C)C3)CC2)c1. The molecule has 0 unspecified atom stereocenters. The molecule has 2 aliphatic rings. The van der Waals surface area contributed by atoms with Gasteiger partial charge in [-0.05, 0) is 44.1 Å². The van der Waals surface area contributed by atoms with E-state index < -0.39 is 10.2 Å². The van der Waals surface area contributed by atoms with Crippen LogP contribution in [0.15, 0.2) is 24.3 Å². The number of likely N-dealkylation sites (tertiary alicyclic amines) is 1. The van der Waals surface area contributed by atoms with Gasteiger partial charge in [0.25, 0.3) is 10.2 Å². The van der Waals surface area contributed by atoms with Crippen LogP contribution < -0.4 is 4.72 Å². The second-order valence-corrected chi connectivity index (χ2v) is 9.47. The predicted molar refractivity (Wildman–Crippen MR) is 102 cm³/mol. The Labute approximate surface area is 152 Å². The lowest BCUT2D eigenvalue weighted by Crippen LogP contribution is -2.51. The minimum atomic E-state index is -3.33. The van der Waals surface area contributed by atoms with Crippen LogP contribution in [0.2, 0.25) is 0 Å². The summed E-state index contributed by atoms with van der Waals surface area (Å²) in [6, 6.07) is 8.68. The molecule has 1 aromatic carbocycles. The van der Waals surface area contributed by atoms with E-state index in [4.69, 9.17) is 0 Å². The molecule has 1 aromatic rings. The third-order valence-corrected chi connectivity index (χ3v) is 6.99. The van der Waals surface area contributed by atoms with Crippen molar-refractivity contribution in [3.8, 4) is 0 Å². The molecule has 2 saturated heterocycles. The average Bonchev–Trinajstić information content (AvgIpc) is 2.56. The van der Waals surface area contributed by atoms with Gasteiger partial charge < -0.3 is 0 Å². The van der Waals surface area contributed by atoms with Gasteiger partial charge in [-0.3, -0.25) is 4.90 Å². The van der Waals surface area contributed by atoms with E-state index in [1.807, 2.05) is 0 Å². The van der Waals surface area contributed by atoms with Crippen LogP contribution in [-0.4, -0.2) is 49.8 Å². The molecule has 0 aromatic heterocycles. The Morgan fingerprint density at radius 1 is 1.16 bits per heavy atom. The topological polar surface area (TPSA) is 52.7 Å². The molecule has 2 heterocycles. The summed E-state index contributed by atoms with van der Waals surface area (Å²) in [6.45, 7) is 8.39. The van der Waals surface area contributed by atoms with Gasteiger partial charge >= 0.3 is 0 Å². The standard InChI is InChI=1S/C19H31N3O2S/c1-16-5-3-7-18(13-16)15-21-11-8-19(9-12-21)20-25(23,24)22-10-4-6-17(2)14-22/h3,5,7,13,17,19-20H,4,6,8-12,14-15H2,1-2H3/t17-/m1/s1. The molecule has 0 spiro atoms. The molecule has 0 radical (unpaired) electrons. The van der Waals surface area contributed by atoms with E-state index in [1.54, 1.807) is 4.31 Å². The Hall–Kier alpha value is -0.950. The summed E-state index contributed by atoms with van der Waals surface area (Å²) in [7, 11) is -3.33. The van der Waals surface area contributed by atoms with Gasteiger partial charge in [-0.25, -0.2) is 0 Å². The maximum Gasteiger partial charge on any atom is 0.279 e. The molecule has 5 nitrogen and oxygen atoms in total. The van der Waals surface area contributed by atoms with E-state index in [0.717, 1.165) is 45.3 Å². The molecule has 0 saturated carbocycles. The van der Waals surface area contributed by atoms with E-state index in [2.05, 4.69) is 47.7 Å². The maximum atomic E-state index is 12.6. The van der Waals surface area contributed by atoms with Gasteiger partial charge in [0.1, 0.15) is 0 Å². The summed E-state index contributed by atoms with van der Waals surface area (Å²) >= 11 is 0. The summed E-state index contributed by atoms with van der Waals surface area (Å²) in [5.41, 5.74) is 2.62. The van der Waals surface area contributed by atoms with E-state index in [1.165, 1.54) is 11.1 Å². The highest BCUT2D eigenvalue weighted by atomic mass is 32.2. The van der Waals surface area contributed by atoms with Crippen LogP contribution in [-0.2, 0) is 16.8 Å². The molecule has 1 atom stereocenters. The zero-order valence-electron chi connectivity index (χ0n) is 15.4. The van der Waals surface area contributed by atoms with Crippen LogP contribution in [0, 0.1) is 12.8 Å². The fraction of sp³-hybridized carbons (Fsp3) is 0.684. The summed E-state index contributed by atoms with van der Waals surface area (Å²) in [6.07, 6.45) is 3.86. The van der Waals surface area contributed by atoms with Crippen LogP contribution >= 0.6 is 0 Å². The summed E-state index contributed by atoms with van der Waals surface area (Å²) in [5, 5.41) is 0. The first-order valence-corrected chi connectivity index (χ1v) is 10.9. The number of hydrogen-bond donors (Lipinski definition) is 1. The smallest absolute Gasteiger partial charge is 0.279 e. The van der Waals surface area contributed by atoms with Crippen molar-refractivity contribution in [3.63, 3.8) is 0 Å². The quantitative estimate of drug-likeness (QED) is 0.872. The number of benzene rings is 1. The van der Waals surface area contributed by atoms with Gasteiger partial charge in [0, 0.05) is 38.8 Å². The summed E-state index contributed by atoms with van der Waals surface area (Å²) in [4.78, 5) is 2.42. The number of piperidine rings is 2. The van der Waals surface area contributed by atoms with E-state index in [-0.39, 0.29) is 6.04 Å². The van der Waals surface area contributed by atoms with Crippen LogP contribution in [0.3, 0.4) is 0 Å². The Balaban J connectivity index is 1.49. The van der Waals surface area contributed by atoms with Crippen molar-refractivity contribution < 1.29 is 8.42 Å². The fourth-order valence-electron chi connectivity index (χ4n) is 3.93. The maximum absolute atomic E-state index is 12.6. The van der Waals surface area contributed by atoms with Gasteiger partial charge in [0.15, 0.2) is 0 Å². The average molecular weight is 366 g/mol. The lowest BCUT2D eigenvalue weighted by Gasteiger charge is -2.35. The molecule has 2 aliphatic heterocycles. The Kier molecular flexibility index (Phi) is 6.15. The zero-order chi connectivity index (χ0) is 17.9. The first-order valence-electron chi connectivity index (χ1n) is 9.48. The Morgan fingerprint density at radius 2 is 1.92 bits per heavy atom. The molecule has 0 amide bonds. The lowest BCUT2D eigenvalue weighted by atomic mass is 10.0. The van der Waals surface area contributed by atoms with Crippen molar-refractivity contribution in [3.05, 3.63) is 35.4 Å². The molecule has 1 N–H and O–H groups in total. The highest BCUT2D eigenvalue weighted by molar-refractivity contribution is 7.87. The summed E-state index contributed by atoms with van der Waals surface area (Å²) in [5.74, 6) is 0.460. The highest BCUT2D eigenvalue weighted by Crippen LogP contribution is 2.20. The van der Waals surface area contributed by atoms with Gasteiger partial charge in [0.05, 0.1) is 0 Å². The fourth-order valence-corrected chi connectivity index (χ4v) is 5.55. The van der Waals surface area contributed by atoms with Crippen molar-refractivity contribution in [2.24, 2.45) is 5.92 Å². The van der Waals surface area contributed by atoms with Crippen LogP contribution in [0.4, 0.5) is 0 Å². The number of aryl methyl sites for hydroxylation is 1. The van der Waals surface area contributed by atoms with Crippen LogP contribution in [0.5, 0.6) is 0 Å². The molecule has 25 heavy (non-hydrogen) atoms. The molecule has 0 aliphatic carbocycles. The number of hydrogen-bond acceptors (Lipinski definition) is 3. The highest BCUT2D eigenvalue weighted by Gasteiger charge is 2.30. The minimum absolute atomic E-state index is 0.0657. The van der Waals surface area contributed by atoms with Gasteiger partial charge in [-0.2, -0.15) is 17.4 Å². The third-order valence-electron chi connectivity index (χ3n) is 5.35. The molecule has 140 valence electrons. The minimum Gasteiger partial charge on any atom is -0.299 e. The van der Waals surface area contributed by atoms with E-state index in [0.29, 0.717) is 19.0 Å². The number of rotatable bonds is 5. The van der Waals surface area contributed by atoms with E-state index in [9.17, 15) is 8.42 Å². The van der Waals surface area contributed by atoms with Crippen molar-refractivity contribution in [1.29, 1.82) is 0 Å². The molecule has 3 rings (SSSR count). The van der Waals surface area contributed by atoms with E-state index >= 15 is 0 Å². The molecular formula is C19H31N3O2S. The van der Waals surface area contributed by atoms with Gasteiger partial charge in [-0.15, -0.1) is 0 Å². The summed E-state index contributed by atoms with van der Waals surface area (Å²) < 4.78 is 29.8. The normalized spacial score (nSPS) is 24.5. The lowest BCUT2D eigenvalue weighted by molar-refractivity contribution is 0.197. The van der Waals surface area contributed by atoms with Crippen molar-refractivity contribution in [2.75, 3.05) is 26.2 Å². The second kappa shape index (κ2) is 8.16. The Bertz CT molecular complexity index is 669. The second-order valence-electron chi connectivity index (χ2n) is 7.77. The van der Waals surface area contributed by atoms with Gasteiger partial charge in [0.2, 0.25) is 0 Å². The molecule has 6 heteroatoms. The van der Waals surface area contributed by atoms with Crippen LogP contribution in [0.1, 0.15) is 43.7 Å². The number of nitrogens with zero attached hydrogens (tertiary/aromatic N) is 2. The first kappa shape index (κ1) is 18.8. The third kappa shape index (κ3) is 5.26. The van der Waals surface area contributed by atoms with Crippen molar-refractivity contribution in [2.45, 2.75) is 52.1 Å². The monoisotopic (exact) mass is 365 g/mol. The molecule has 2 fully saturated rings. The van der Waals surface area contributed by atoms with Gasteiger partial charge in [-0.1, -0.05) is 36.8 Å². The first-order chi connectivity index (χ1) is 11.9. The number of nitrogens with one attached hydrogen (secondary N) is 1. The zero-order valence-corrected chi connectivity index (χ0v) is 16.3. The largest absolute Gasteiger partial charge is 0.299 e. The van der Waals surface area contributed by atoms with Crippen LogP contribution in [0.25, 0.3) is 0 Å². The predicted octanol–water partition coefficient (Wildman–Crippen LogP) is 2.53.